The van der Waals surface area contributed by atoms with E-state index in [4.69, 9.17) is 4.74 Å². The van der Waals surface area contributed by atoms with Crippen molar-refractivity contribution in [3.8, 4) is 0 Å². The average molecular weight is 852 g/mol. The number of carbonyl (C=O) groups excluding carboxylic acids is 2. The minimum atomic E-state index is -0.797. The number of unbranched alkanes of at least 4 members (excludes halogenated alkanes) is 21. The first-order chi connectivity index (χ1) is 30.0. The highest BCUT2D eigenvalue weighted by atomic mass is 16.5. The normalized spacial score (nSPS) is 13.9. The molecule has 0 radical (unpaired) electrons. The Morgan fingerprint density at radius 2 is 0.885 bits per heavy atom. The number of nitrogens with one attached hydrogen (secondary N) is 1. The lowest BCUT2D eigenvalue weighted by Crippen LogP contribution is -2.46. The third kappa shape index (κ3) is 43.7. The van der Waals surface area contributed by atoms with Crippen molar-refractivity contribution >= 4 is 11.9 Å². The van der Waals surface area contributed by atoms with Crippen molar-refractivity contribution in [1.82, 2.24) is 5.32 Å². The van der Waals surface area contributed by atoms with E-state index in [1.807, 2.05) is 0 Å². The number of amides is 1. The molecule has 0 aliphatic carbocycles. The molecule has 1 amide bonds. The monoisotopic (exact) mass is 852 g/mol. The Morgan fingerprint density at radius 3 is 1.38 bits per heavy atom. The van der Waals surface area contributed by atoms with Crippen LogP contribution in [0.4, 0.5) is 0 Å². The first-order valence-electron chi connectivity index (χ1n) is 25.7. The maximum atomic E-state index is 13.2. The molecule has 6 nitrogen and oxygen atoms in total. The Morgan fingerprint density at radius 1 is 0.492 bits per heavy atom. The average Bonchev–Trinajstić information content (AvgIpc) is 3.25. The lowest BCUT2D eigenvalue weighted by Gasteiger charge is -2.24. The second kappa shape index (κ2) is 48.3. The summed E-state index contributed by atoms with van der Waals surface area (Å²) < 4.78 is 5.92. The maximum absolute atomic E-state index is 13.2. The first kappa shape index (κ1) is 58.3. The molecule has 3 unspecified atom stereocenters. The molecule has 0 heterocycles. The highest BCUT2D eigenvalue weighted by molar-refractivity contribution is 5.77. The van der Waals surface area contributed by atoms with E-state index >= 15 is 0 Å². The van der Waals surface area contributed by atoms with E-state index in [-0.39, 0.29) is 24.9 Å². The quantitative estimate of drug-likeness (QED) is 0.0322. The second-order valence-electron chi connectivity index (χ2n) is 17.2. The molecule has 0 rings (SSSR count). The van der Waals surface area contributed by atoms with E-state index in [9.17, 15) is 19.8 Å². The number of rotatable bonds is 45. The van der Waals surface area contributed by atoms with E-state index in [2.05, 4.69) is 99.0 Å². The van der Waals surface area contributed by atoms with Gasteiger partial charge in [-0.2, -0.15) is 0 Å². The molecule has 0 aromatic rings. The van der Waals surface area contributed by atoms with Crippen LogP contribution in [0.5, 0.6) is 0 Å². The third-order valence-corrected chi connectivity index (χ3v) is 11.3. The molecule has 6 heteroatoms. The van der Waals surface area contributed by atoms with Crippen LogP contribution in [0, 0.1) is 0 Å². The molecule has 0 bridgehead atoms. The van der Waals surface area contributed by atoms with Crippen LogP contribution < -0.4 is 5.32 Å². The van der Waals surface area contributed by atoms with Gasteiger partial charge in [0.25, 0.3) is 0 Å². The van der Waals surface area contributed by atoms with Gasteiger partial charge in [0.15, 0.2) is 0 Å². The topological polar surface area (TPSA) is 95.9 Å². The van der Waals surface area contributed by atoms with E-state index in [1.165, 1.54) is 83.5 Å². The van der Waals surface area contributed by atoms with Crippen LogP contribution in [0.2, 0.25) is 0 Å². The molecule has 0 aliphatic heterocycles. The molecule has 0 aromatic carbocycles. The summed E-state index contributed by atoms with van der Waals surface area (Å²) in [5.41, 5.74) is 0. The maximum Gasteiger partial charge on any atom is 0.306 e. The van der Waals surface area contributed by atoms with Crippen LogP contribution >= 0.6 is 0 Å². The van der Waals surface area contributed by atoms with Crippen molar-refractivity contribution < 1.29 is 24.5 Å². The molecular weight excluding hydrogens is 755 g/mol. The molecule has 61 heavy (non-hydrogen) atoms. The molecule has 352 valence electrons. The van der Waals surface area contributed by atoms with E-state index in [0.717, 1.165) is 109 Å². The minimum absolute atomic E-state index is 0.0543. The van der Waals surface area contributed by atoms with Gasteiger partial charge in [-0.3, -0.25) is 9.59 Å². The fraction of sp³-hybridized carbons (Fsp3) is 0.745. The van der Waals surface area contributed by atoms with Crippen LogP contribution in [0.1, 0.15) is 239 Å². The van der Waals surface area contributed by atoms with Gasteiger partial charge < -0.3 is 20.3 Å². The van der Waals surface area contributed by atoms with Crippen molar-refractivity contribution in [2.75, 3.05) is 6.61 Å². The zero-order valence-electron chi connectivity index (χ0n) is 40.0. The Kier molecular flexibility index (Phi) is 46.2. The number of aliphatic hydroxyl groups is 2. The van der Waals surface area contributed by atoms with Crippen molar-refractivity contribution in [3.05, 3.63) is 72.9 Å². The summed E-state index contributed by atoms with van der Waals surface area (Å²) in [5.74, 6) is -0.513. The molecule has 0 saturated carbocycles. The smallest absolute Gasteiger partial charge is 0.306 e. The molecule has 3 atom stereocenters. The molecule has 3 N–H and O–H groups in total. The highest BCUT2D eigenvalue weighted by Gasteiger charge is 2.24. The molecule has 0 aliphatic rings. The van der Waals surface area contributed by atoms with E-state index in [1.54, 1.807) is 0 Å². The molecule has 0 aromatic heterocycles. The van der Waals surface area contributed by atoms with Gasteiger partial charge >= 0.3 is 5.97 Å². The Bertz CT molecular complexity index is 1140. The van der Waals surface area contributed by atoms with Crippen molar-refractivity contribution in [1.29, 1.82) is 0 Å². The summed E-state index contributed by atoms with van der Waals surface area (Å²) >= 11 is 0. The predicted octanol–water partition coefficient (Wildman–Crippen LogP) is 15.4. The van der Waals surface area contributed by atoms with Gasteiger partial charge in [-0.05, 0) is 96.3 Å². The highest BCUT2D eigenvalue weighted by Crippen LogP contribution is 2.17. The largest absolute Gasteiger partial charge is 0.462 e. The van der Waals surface area contributed by atoms with Crippen molar-refractivity contribution in [3.63, 3.8) is 0 Å². The van der Waals surface area contributed by atoms with Gasteiger partial charge in [-0.1, -0.05) is 203 Å². The summed E-state index contributed by atoms with van der Waals surface area (Å²) in [4.78, 5) is 26.1. The van der Waals surface area contributed by atoms with Gasteiger partial charge in [-0.15, -0.1) is 0 Å². The number of hydrogen-bond donors (Lipinski definition) is 3. The van der Waals surface area contributed by atoms with Crippen molar-refractivity contribution in [2.24, 2.45) is 0 Å². The number of hydrogen-bond acceptors (Lipinski definition) is 5. The van der Waals surface area contributed by atoms with Crippen LogP contribution in [0.15, 0.2) is 72.9 Å². The number of esters is 1. The first-order valence-corrected chi connectivity index (χ1v) is 25.7. The SMILES string of the molecule is CC/C=C/C/C=C/C/C=C/CCCCCCC(CC(=O)NC(CO)C(O)CCCCCCCCCCC)OC(=O)CCCCCCCC/C=C\C/C=C\C/C=C\CCCCC. The fourth-order valence-corrected chi connectivity index (χ4v) is 7.39. The van der Waals surface area contributed by atoms with Crippen LogP contribution in [-0.2, 0) is 14.3 Å². The Labute approximate surface area is 377 Å². The van der Waals surface area contributed by atoms with Crippen LogP contribution in [-0.4, -0.2) is 46.9 Å². The molecular formula is C55H97NO5. The lowest BCUT2D eigenvalue weighted by atomic mass is 10.0. The zero-order chi connectivity index (χ0) is 44.5. The summed E-state index contributed by atoms with van der Waals surface area (Å²) in [5, 5.41) is 23.7. The van der Waals surface area contributed by atoms with Crippen LogP contribution in [0.3, 0.4) is 0 Å². The molecule has 0 spiro atoms. The van der Waals surface area contributed by atoms with E-state index in [0.29, 0.717) is 19.3 Å². The van der Waals surface area contributed by atoms with Gasteiger partial charge in [-0.25, -0.2) is 0 Å². The van der Waals surface area contributed by atoms with Gasteiger partial charge in [0.05, 0.1) is 25.2 Å². The van der Waals surface area contributed by atoms with Gasteiger partial charge in [0.1, 0.15) is 6.10 Å². The summed E-state index contributed by atoms with van der Waals surface area (Å²) in [6.07, 6.45) is 61.0. The molecule has 0 saturated heterocycles. The number of allylic oxidation sites excluding steroid dienone is 12. The summed E-state index contributed by atoms with van der Waals surface area (Å²) in [7, 11) is 0. The summed E-state index contributed by atoms with van der Waals surface area (Å²) in [6, 6.07) is -0.713. The number of carbonyl (C=O) groups is 2. The minimum Gasteiger partial charge on any atom is -0.462 e. The third-order valence-electron chi connectivity index (χ3n) is 11.3. The van der Waals surface area contributed by atoms with E-state index < -0.39 is 18.2 Å². The summed E-state index contributed by atoms with van der Waals surface area (Å²) in [6.45, 7) is 6.31. The lowest BCUT2D eigenvalue weighted by molar-refractivity contribution is -0.151. The van der Waals surface area contributed by atoms with Crippen LogP contribution in [0.25, 0.3) is 0 Å². The zero-order valence-corrected chi connectivity index (χ0v) is 40.0. The number of ether oxygens (including phenoxy) is 1. The number of aliphatic hydroxyl groups excluding tert-OH is 2. The standard InChI is InChI=1S/C55H97NO5/c1-4-7-10-13-16-19-21-23-25-26-27-28-29-31-33-36-39-42-45-48-55(60)61-51(46-43-40-37-35-32-30-24-22-20-17-14-11-8-5-2)49-54(59)56-52(50-57)53(58)47-44-41-38-34-18-15-12-9-6-3/h8,11,16-17,19-20,23-25,27-28,30,51-53,57-58H,4-7,9-10,12-15,18,21-22,26,29,31-50H2,1-3H3,(H,56,59)/b11-8+,19-16-,20-17+,25-23-,28-27-,30-24+. The Balaban J connectivity index is 4.61. The van der Waals surface area contributed by atoms with Gasteiger partial charge in [0.2, 0.25) is 5.91 Å². The van der Waals surface area contributed by atoms with Gasteiger partial charge in [0, 0.05) is 6.42 Å². The van der Waals surface area contributed by atoms with Crippen molar-refractivity contribution in [2.45, 2.75) is 257 Å². The Hall–Kier alpha value is -2.70. The second-order valence-corrected chi connectivity index (χ2v) is 17.2. The predicted molar refractivity (Wildman–Crippen MR) is 264 cm³/mol. The fourth-order valence-electron chi connectivity index (χ4n) is 7.39. The molecule has 0 fully saturated rings.